The van der Waals surface area contributed by atoms with E-state index in [1.807, 2.05) is 30.3 Å². The van der Waals surface area contributed by atoms with Crippen molar-refractivity contribution in [2.45, 2.75) is 0 Å². The molecule has 0 saturated carbocycles. The molecule has 5 nitrogen and oxygen atoms in total. The van der Waals surface area contributed by atoms with Gasteiger partial charge in [-0.05, 0) is 12.1 Å². The molecule has 0 fully saturated rings. The summed E-state index contributed by atoms with van der Waals surface area (Å²) in [5.74, 6) is -0.258. The summed E-state index contributed by atoms with van der Waals surface area (Å²) in [6.07, 6.45) is 0. The van der Waals surface area contributed by atoms with Crippen molar-refractivity contribution >= 4 is 23.2 Å². The van der Waals surface area contributed by atoms with Crippen molar-refractivity contribution in [1.29, 1.82) is 0 Å². The quantitative estimate of drug-likeness (QED) is 0.801. The van der Waals surface area contributed by atoms with Gasteiger partial charge in [-0.3, -0.25) is 4.79 Å². The van der Waals surface area contributed by atoms with Crippen LogP contribution in [0.4, 0.5) is 5.69 Å². The number of carbonyl (C=O) groups excluding carboxylic acids is 1. The summed E-state index contributed by atoms with van der Waals surface area (Å²) in [5.41, 5.74) is 1.27. The molecule has 6 heteroatoms. The predicted molar refractivity (Wildman–Crippen MR) is 79.1 cm³/mol. The average molecular weight is 300 g/mol. The van der Waals surface area contributed by atoms with Crippen LogP contribution in [0.5, 0.6) is 0 Å². The average Bonchev–Trinajstić information content (AvgIpc) is 3.00. The van der Waals surface area contributed by atoms with Crippen molar-refractivity contribution in [2.24, 2.45) is 0 Å². The van der Waals surface area contributed by atoms with Crippen molar-refractivity contribution in [3.8, 4) is 11.4 Å². The number of hydrogen-bond acceptors (Lipinski definition) is 4. The summed E-state index contributed by atoms with van der Waals surface area (Å²) < 4.78 is 4.98. The molecule has 0 bridgehead atoms. The molecule has 0 spiro atoms. The number of aromatic nitrogens is 2. The number of anilines is 1. The van der Waals surface area contributed by atoms with E-state index in [9.17, 15) is 4.79 Å². The standard InChI is InChI=1S/C15H10ClN3O2/c16-11-8-4-5-9-12(11)17-14(20)15-18-13(19-21-15)10-6-2-1-3-7-10/h1-9H,(H,17,20). The van der Waals surface area contributed by atoms with Gasteiger partial charge in [0.1, 0.15) is 0 Å². The highest BCUT2D eigenvalue weighted by atomic mass is 35.5. The Morgan fingerprint density at radius 3 is 2.52 bits per heavy atom. The van der Waals surface area contributed by atoms with Gasteiger partial charge in [0.2, 0.25) is 5.82 Å². The molecule has 1 heterocycles. The molecular weight excluding hydrogens is 290 g/mol. The van der Waals surface area contributed by atoms with E-state index in [0.29, 0.717) is 16.5 Å². The van der Waals surface area contributed by atoms with Gasteiger partial charge in [-0.15, -0.1) is 0 Å². The molecule has 0 unspecified atom stereocenters. The fourth-order valence-corrected chi connectivity index (χ4v) is 1.94. The molecule has 0 saturated heterocycles. The first-order valence-electron chi connectivity index (χ1n) is 6.19. The highest BCUT2D eigenvalue weighted by Crippen LogP contribution is 2.21. The first-order chi connectivity index (χ1) is 10.2. The molecule has 0 atom stereocenters. The third-order valence-corrected chi connectivity index (χ3v) is 3.10. The lowest BCUT2D eigenvalue weighted by Gasteiger charge is -2.03. The molecule has 21 heavy (non-hydrogen) atoms. The number of nitrogens with zero attached hydrogens (tertiary/aromatic N) is 2. The van der Waals surface area contributed by atoms with Crippen LogP contribution in [0.2, 0.25) is 5.02 Å². The van der Waals surface area contributed by atoms with Crippen molar-refractivity contribution in [2.75, 3.05) is 5.32 Å². The Morgan fingerprint density at radius 1 is 1.05 bits per heavy atom. The van der Waals surface area contributed by atoms with Crippen LogP contribution in [0.3, 0.4) is 0 Å². The van der Waals surface area contributed by atoms with Gasteiger partial charge in [0.05, 0.1) is 10.7 Å². The molecule has 3 rings (SSSR count). The third-order valence-electron chi connectivity index (χ3n) is 2.77. The Balaban J connectivity index is 1.80. The lowest BCUT2D eigenvalue weighted by atomic mass is 10.2. The Hall–Kier alpha value is -2.66. The second-order valence-corrected chi connectivity index (χ2v) is 4.63. The highest BCUT2D eigenvalue weighted by Gasteiger charge is 2.16. The van der Waals surface area contributed by atoms with Crippen LogP contribution in [-0.4, -0.2) is 16.0 Å². The second kappa shape index (κ2) is 5.76. The van der Waals surface area contributed by atoms with Crippen molar-refractivity contribution in [3.05, 3.63) is 65.5 Å². The van der Waals surface area contributed by atoms with Crippen molar-refractivity contribution in [3.63, 3.8) is 0 Å². The van der Waals surface area contributed by atoms with E-state index in [-0.39, 0.29) is 5.89 Å². The number of hydrogen-bond donors (Lipinski definition) is 1. The molecule has 1 amide bonds. The van der Waals surface area contributed by atoms with Crippen LogP contribution < -0.4 is 5.32 Å². The van der Waals surface area contributed by atoms with Gasteiger partial charge < -0.3 is 9.84 Å². The van der Waals surface area contributed by atoms with E-state index >= 15 is 0 Å². The van der Waals surface area contributed by atoms with E-state index in [2.05, 4.69) is 15.5 Å². The number of carbonyl (C=O) groups is 1. The van der Waals surface area contributed by atoms with E-state index in [4.69, 9.17) is 16.1 Å². The Labute approximate surface area is 125 Å². The minimum absolute atomic E-state index is 0.117. The minimum Gasteiger partial charge on any atom is -0.328 e. The molecule has 2 aromatic carbocycles. The summed E-state index contributed by atoms with van der Waals surface area (Å²) in [5, 5.41) is 6.85. The van der Waals surface area contributed by atoms with Crippen LogP contribution in [0, 0.1) is 0 Å². The zero-order valence-electron chi connectivity index (χ0n) is 10.8. The van der Waals surface area contributed by atoms with Crippen LogP contribution in [-0.2, 0) is 0 Å². The first-order valence-corrected chi connectivity index (χ1v) is 6.57. The SMILES string of the molecule is O=C(Nc1ccccc1Cl)c1nc(-c2ccccc2)no1. The topological polar surface area (TPSA) is 68.0 Å². The van der Waals surface area contributed by atoms with E-state index in [1.54, 1.807) is 24.3 Å². The first kappa shape index (κ1) is 13.3. The van der Waals surface area contributed by atoms with Gasteiger partial charge in [0, 0.05) is 5.56 Å². The lowest BCUT2D eigenvalue weighted by molar-refractivity contribution is 0.0981. The van der Waals surface area contributed by atoms with Gasteiger partial charge in [-0.1, -0.05) is 59.2 Å². The van der Waals surface area contributed by atoms with Crippen LogP contribution >= 0.6 is 11.6 Å². The molecule has 1 aromatic heterocycles. The van der Waals surface area contributed by atoms with Crippen molar-refractivity contribution < 1.29 is 9.32 Å². The summed E-state index contributed by atoms with van der Waals surface area (Å²) >= 11 is 5.98. The van der Waals surface area contributed by atoms with Crippen molar-refractivity contribution in [1.82, 2.24) is 10.1 Å². The molecule has 0 radical (unpaired) electrons. The Bertz CT molecular complexity index is 771. The molecule has 0 aliphatic rings. The summed E-state index contributed by atoms with van der Waals surface area (Å²) in [6.45, 7) is 0. The Kier molecular flexibility index (Phi) is 3.66. The summed E-state index contributed by atoms with van der Waals surface area (Å²) in [7, 11) is 0. The maximum Gasteiger partial charge on any atom is 0.316 e. The highest BCUT2D eigenvalue weighted by molar-refractivity contribution is 6.33. The maximum atomic E-state index is 12.0. The number of nitrogens with one attached hydrogen (secondary N) is 1. The molecular formula is C15H10ClN3O2. The zero-order chi connectivity index (χ0) is 14.7. The van der Waals surface area contributed by atoms with Gasteiger partial charge >= 0.3 is 11.8 Å². The van der Waals surface area contributed by atoms with Crippen LogP contribution in [0.15, 0.2) is 59.1 Å². The van der Waals surface area contributed by atoms with Crippen LogP contribution in [0.25, 0.3) is 11.4 Å². The monoisotopic (exact) mass is 299 g/mol. The van der Waals surface area contributed by atoms with Gasteiger partial charge in [-0.2, -0.15) is 4.98 Å². The summed E-state index contributed by atoms with van der Waals surface area (Å²) in [4.78, 5) is 16.1. The Morgan fingerprint density at radius 2 is 1.76 bits per heavy atom. The number of halogens is 1. The second-order valence-electron chi connectivity index (χ2n) is 4.22. The maximum absolute atomic E-state index is 12.0. The summed E-state index contributed by atoms with van der Waals surface area (Å²) in [6, 6.07) is 16.2. The van der Waals surface area contributed by atoms with E-state index < -0.39 is 5.91 Å². The number of benzene rings is 2. The lowest BCUT2D eigenvalue weighted by Crippen LogP contribution is -2.12. The number of para-hydroxylation sites is 1. The zero-order valence-corrected chi connectivity index (χ0v) is 11.5. The van der Waals surface area contributed by atoms with Crippen LogP contribution in [0.1, 0.15) is 10.7 Å². The largest absolute Gasteiger partial charge is 0.328 e. The molecule has 0 aliphatic heterocycles. The molecule has 0 aliphatic carbocycles. The molecule has 3 aromatic rings. The number of rotatable bonds is 3. The molecule has 104 valence electrons. The van der Waals surface area contributed by atoms with Gasteiger partial charge in [0.15, 0.2) is 0 Å². The normalized spacial score (nSPS) is 10.3. The minimum atomic E-state index is -0.502. The fraction of sp³-hybridized carbons (Fsp3) is 0. The fourth-order valence-electron chi connectivity index (χ4n) is 1.76. The predicted octanol–water partition coefficient (Wildman–Crippen LogP) is 3.64. The smallest absolute Gasteiger partial charge is 0.316 e. The molecule has 1 N–H and O–H groups in total. The van der Waals surface area contributed by atoms with E-state index in [1.165, 1.54) is 0 Å². The number of amides is 1. The van der Waals surface area contributed by atoms with Gasteiger partial charge in [0.25, 0.3) is 0 Å². The van der Waals surface area contributed by atoms with E-state index in [0.717, 1.165) is 5.56 Å². The van der Waals surface area contributed by atoms with Gasteiger partial charge in [-0.25, -0.2) is 0 Å². The third kappa shape index (κ3) is 2.93.